The molecule has 0 fully saturated rings. The zero-order valence-electron chi connectivity index (χ0n) is 17.9. The molecule has 0 amide bonds. The van der Waals surface area contributed by atoms with Gasteiger partial charge >= 0.3 is 5.97 Å². The molecule has 0 N–H and O–H groups in total. The van der Waals surface area contributed by atoms with E-state index in [2.05, 4.69) is 28.8 Å². The number of fused-ring (bicyclic) bond motifs is 3. The van der Waals surface area contributed by atoms with Crippen LogP contribution < -0.4 is 4.74 Å². The summed E-state index contributed by atoms with van der Waals surface area (Å²) >= 11 is 1.63. The third-order valence-corrected chi connectivity index (χ3v) is 6.34. The van der Waals surface area contributed by atoms with Crippen molar-refractivity contribution in [2.24, 2.45) is 0 Å². The van der Waals surface area contributed by atoms with Crippen LogP contribution in [0.15, 0.2) is 78.0 Å². The lowest BCUT2D eigenvalue weighted by Gasteiger charge is -2.13. The molecule has 6 heteroatoms. The van der Waals surface area contributed by atoms with Crippen molar-refractivity contribution in [2.75, 3.05) is 13.4 Å². The van der Waals surface area contributed by atoms with Gasteiger partial charge in [0, 0.05) is 12.1 Å². The lowest BCUT2D eigenvalue weighted by molar-refractivity contribution is 0.0600. The number of allylic oxidation sites excluding steroid dienone is 1. The Hall–Kier alpha value is -3.51. The van der Waals surface area contributed by atoms with E-state index in [1.807, 2.05) is 48.7 Å². The Labute approximate surface area is 190 Å². The number of methoxy groups -OCH3 is 1. The summed E-state index contributed by atoms with van der Waals surface area (Å²) in [6.45, 7) is 1.12. The summed E-state index contributed by atoms with van der Waals surface area (Å²) < 4.78 is 13.3. The lowest BCUT2D eigenvalue weighted by atomic mass is 9.93. The van der Waals surface area contributed by atoms with Crippen molar-refractivity contribution in [1.82, 2.24) is 9.55 Å². The summed E-state index contributed by atoms with van der Waals surface area (Å²) in [5.41, 5.74) is 6.69. The van der Waals surface area contributed by atoms with Crippen LogP contribution in [0.25, 0.3) is 16.6 Å². The number of para-hydroxylation sites is 2. The molecule has 3 aromatic carbocycles. The summed E-state index contributed by atoms with van der Waals surface area (Å²) in [5, 5.41) is 0.963. The van der Waals surface area contributed by atoms with Crippen molar-refractivity contribution in [3.8, 4) is 5.75 Å². The molecule has 2 heterocycles. The van der Waals surface area contributed by atoms with Crippen LogP contribution in [-0.2, 0) is 17.9 Å². The minimum atomic E-state index is -0.366. The fourth-order valence-electron chi connectivity index (χ4n) is 4.11. The number of nitrogens with zero attached hydrogens (tertiary/aromatic N) is 2. The maximum Gasteiger partial charge on any atom is 0.337 e. The van der Waals surface area contributed by atoms with E-state index in [4.69, 9.17) is 14.5 Å². The first kappa shape index (κ1) is 20.4. The van der Waals surface area contributed by atoms with Crippen LogP contribution >= 0.6 is 11.8 Å². The Balaban J connectivity index is 1.68. The smallest absolute Gasteiger partial charge is 0.337 e. The van der Waals surface area contributed by atoms with Gasteiger partial charge in [0.15, 0.2) is 5.16 Å². The van der Waals surface area contributed by atoms with Crippen LogP contribution in [0.5, 0.6) is 5.75 Å². The summed E-state index contributed by atoms with van der Waals surface area (Å²) in [4.78, 5) is 17.0. The van der Waals surface area contributed by atoms with Gasteiger partial charge in [0.2, 0.25) is 0 Å². The average Bonchev–Trinajstić information content (AvgIpc) is 3.12. The zero-order valence-corrected chi connectivity index (χ0v) is 18.7. The molecule has 0 aliphatic carbocycles. The van der Waals surface area contributed by atoms with Crippen molar-refractivity contribution < 1.29 is 14.3 Å². The summed E-state index contributed by atoms with van der Waals surface area (Å²) in [5.74, 6) is 0.385. The lowest BCUT2D eigenvalue weighted by Crippen LogP contribution is -2.03. The van der Waals surface area contributed by atoms with Gasteiger partial charge in [0.05, 0.1) is 23.7 Å². The normalized spacial score (nSPS) is 13.9. The SMILES string of the molecule is COC(=O)c1ccc2c(c1)/C(=C/Cn1c(SC)nc3ccccc31)c1ccccc1CO2. The minimum Gasteiger partial charge on any atom is -0.488 e. The number of hydrogen-bond donors (Lipinski definition) is 0. The molecule has 0 saturated carbocycles. The number of benzene rings is 3. The largest absolute Gasteiger partial charge is 0.488 e. The minimum absolute atomic E-state index is 0.366. The Morgan fingerprint density at radius 3 is 2.78 bits per heavy atom. The Kier molecular flexibility index (Phi) is 5.45. The second-order valence-electron chi connectivity index (χ2n) is 7.46. The van der Waals surface area contributed by atoms with E-state index in [1.54, 1.807) is 17.8 Å². The van der Waals surface area contributed by atoms with Crippen molar-refractivity contribution >= 4 is 34.3 Å². The topological polar surface area (TPSA) is 53.4 Å². The maximum absolute atomic E-state index is 12.2. The molecule has 4 aromatic rings. The predicted molar refractivity (Wildman–Crippen MR) is 127 cm³/mol. The molecule has 0 atom stereocenters. The highest BCUT2D eigenvalue weighted by molar-refractivity contribution is 7.98. The molecule has 32 heavy (non-hydrogen) atoms. The molecule has 1 aliphatic heterocycles. The van der Waals surface area contributed by atoms with Gasteiger partial charge < -0.3 is 14.0 Å². The second-order valence-corrected chi connectivity index (χ2v) is 8.24. The predicted octanol–water partition coefficient (Wildman–Crippen LogP) is 5.57. The molecule has 1 aromatic heterocycles. The van der Waals surface area contributed by atoms with Crippen LogP contribution in [0.4, 0.5) is 0 Å². The Morgan fingerprint density at radius 1 is 1.12 bits per heavy atom. The summed E-state index contributed by atoms with van der Waals surface area (Å²) in [6.07, 6.45) is 4.23. The molecular formula is C26H22N2O3S. The zero-order chi connectivity index (χ0) is 22.1. The molecule has 0 saturated heterocycles. The van der Waals surface area contributed by atoms with E-state index < -0.39 is 0 Å². The average molecular weight is 443 g/mol. The highest BCUT2D eigenvalue weighted by Crippen LogP contribution is 2.38. The highest BCUT2D eigenvalue weighted by Gasteiger charge is 2.21. The van der Waals surface area contributed by atoms with Gasteiger partial charge in [-0.3, -0.25) is 0 Å². The monoisotopic (exact) mass is 442 g/mol. The maximum atomic E-state index is 12.2. The van der Waals surface area contributed by atoms with Gasteiger partial charge in [-0.1, -0.05) is 54.2 Å². The number of hydrogen-bond acceptors (Lipinski definition) is 5. The van der Waals surface area contributed by atoms with E-state index in [0.29, 0.717) is 18.7 Å². The van der Waals surface area contributed by atoms with Gasteiger partial charge in [-0.05, 0) is 53.3 Å². The van der Waals surface area contributed by atoms with Gasteiger partial charge in [-0.2, -0.15) is 0 Å². The number of rotatable bonds is 4. The quantitative estimate of drug-likeness (QED) is 0.306. The van der Waals surface area contributed by atoms with Crippen molar-refractivity contribution in [3.63, 3.8) is 0 Å². The standard InChI is InChI=1S/C26H22N2O3S/c1-30-25(29)17-11-12-24-21(15-17)20(19-8-4-3-7-18(19)16-31-24)13-14-28-23-10-6-5-9-22(23)27-26(28)32-2/h3-13,15H,14,16H2,1-2H3/b20-13+. The first-order chi connectivity index (χ1) is 15.7. The molecular weight excluding hydrogens is 420 g/mol. The number of carbonyl (C=O) groups excluding carboxylic acids is 1. The number of imidazole rings is 1. The molecule has 160 valence electrons. The fourth-order valence-corrected chi connectivity index (χ4v) is 4.69. The second kappa shape index (κ2) is 8.55. The van der Waals surface area contributed by atoms with E-state index in [0.717, 1.165) is 44.2 Å². The molecule has 0 radical (unpaired) electrons. The van der Waals surface area contributed by atoms with Gasteiger partial charge in [-0.15, -0.1) is 0 Å². The van der Waals surface area contributed by atoms with E-state index in [9.17, 15) is 4.79 Å². The van der Waals surface area contributed by atoms with Crippen LogP contribution in [0, 0.1) is 0 Å². The van der Waals surface area contributed by atoms with Crippen LogP contribution in [0.3, 0.4) is 0 Å². The molecule has 5 nitrogen and oxygen atoms in total. The van der Waals surface area contributed by atoms with Crippen LogP contribution in [0.2, 0.25) is 0 Å². The number of aromatic nitrogens is 2. The summed E-state index contributed by atoms with van der Waals surface area (Å²) in [7, 11) is 1.39. The number of ether oxygens (including phenoxy) is 2. The fraction of sp³-hybridized carbons (Fsp3) is 0.154. The first-order valence-electron chi connectivity index (χ1n) is 10.3. The van der Waals surface area contributed by atoms with Crippen LogP contribution in [0.1, 0.15) is 27.0 Å². The molecule has 0 bridgehead atoms. The van der Waals surface area contributed by atoms with E-state index in [-0.39, 0.29) is 5.97 Å². The molecule has 1 aliphatic rings. The third kappa shape index (κ3) is 3.56. The van der Waals surface area contributed by atoms with Crippen molar-refractivity contribution in [1.29, 1.82) is 0 Å². The summed E-state index contributed by atoms with van der Waals surface area (Å²) in [6, 6.07) is 21.8. The van der Waals surface area contributed by atoms with Gasteiger partial charge in [-0.25, -0.2) is 9.78 Å². The Morgan fingerprint density at radius 2 is 1.94 bits per heavy atom. The molecule has 0 unspecified atom stereocenters. The van der Waals surface area contributed by atoms with Crippen LogP contribution in [-0.4, -0.2) is 28.9 Å². The van der Waals surface area contributed by atoms with Crippen molar-refractivity contribution in [2.45, 2.75) is 18.3 Å². The van der Waals surface area contributed by atoms with E-state index in [1.165, 1.54) is 7.11 Å². The first-order valence-corrected chi connectivity index (χ1v) is 11.6. The van der Waals surface area contributed by atoms with Crippen molar-refractivity contribution in [3.05, 3.63) is 95.1 Å². The highest BCUT2D eigenvalue weighted by atomic mass is 32.2. The number of carbonyl (C=O) groups is 1. The third-order valence-electron chi connectivity index (χ3n) is 5.66. The number of esters is 1. The molecule has 5 rings (SSSR count). The molecule has 0 spiro atoms. The van der Waals surface area contributed by atoms with Gasteiger partial charge in [0.25, 0.3) is 0 Å². The van der Waals surface area contributed by atoms with Gasteiger partial charge in [0.1, 0.15) is 12.4 Å². The number of thioether (sulfide) groups is 1. The van der Waals surface area contributed by atoms with E-state index >= 15 is 0 Å². The Bertz CT molecular complexity index is 1360.